The third kappa shape index (κ3) is 4.12. The first kappa shape index (κ1) is 15.7. The van der Waals surface area contributed by atoms with Gasteiger partial charge in [-0.2, -0.15) is 0 Å². The Morgan fingerprint density at radius 1 is 1.14 bits per heavy atom. The molecule has 21 heavy (non-hydrogen) atoms. The van der Waals surface area contributed by atoms with Crippen LogP contribution in [0.25, 0.3) is 0 Å². The van der Waals surface area contributed by atoms with Crippen molar-refractivity contribution in [2.24, 2.45) is 0 Å². The zero-order valence-electron chi connectivity index (χ0n) is 10.9. The van der Waals surface area contributed by atoms with Crippen molar-refractivity contribution in [2.45, 2.75) is 6.61 Å². The molecule has 0 saturated heterocycles. The van der Waals surface area contributed by atoms with Gasteiger partial charge in [0.1, 0.15) is 24.8 Å². The fourth-order valence-electron chi connectivity index (χ4n) is 1.65. The van der Waals surface area contributed by atoms with E-state index in [1.54, 1.807) is 24.3 Å². The molecule has 0 unspecified atom stereocenters. The van der Waals surface area contributed by atoms with Crippen LogP contribution in [0.5, 0.6) is 5.75 Å². The lowest BCUT2D eigenvalue weighted by Gasteiger charge is -2.09. The van der Waals surface area contributed by atoms with Gasteiger partial charge in [-0.1, -0.05) is 41.1 Å². The van der Waals surface area contributed by atoms with E-state index in [-0.39, 0.29) is 18.8 Å². The van der Waals surface area contributed by atoms with Crippen molar-refractivity contribution in [1.29, 1.82) is 0 Å². The van der Waals surface area contributed by atoms with Gasteiger partial charge in [-0.15, -0.1) is 0 Å². The minimum absolute atomic E-state index is 0.139. The highest BCUT2D eigenvalue weighted by atomic mass is 35.5. The monoisotopic (exact) mass is 324 g/mol. The standard InChI is InChI=1S/C16H11Cl2FO2/c17-14-4-1-5-15(18)13(14)10-21-12-7-6-11(3-2-8-20)16(19)9-12/h1,4-7,9,20H,8,10H2. The summed E-state index contributed by atoms with van der Waals surface area (Å²) >= 11 is 12.1. The van der Waals surface area contributed by atoms with Crippen LogP contribution < -0.4 is 4.74 Å². The van der Waals surface area contributed by atoms with Gasteiger partial charge in [0.2, 0.25) is 0 Å². The summed E-state index contributed by atoms with van der Waals surface area (Å²) in [6, 6.07) is 9.46. The highest BCUT2D eigenvalue weighted by Gasteiger charge is 2.07. The average molecular weight is 325 g/mol. The molecule has 2 nitrogen and oxygen atoms in total. The Balaban J connectivity index is 2.12. The molecule has 0 fully saturated rings. The molecule has 2 aromatic carbocycles. The normalized spacial score (nSPS) is 9.90. The summed E-state index contributed by atoms with van der Waals surface area (Å²) in [7, 11) is 0. The number of ether oxygens (including phenoxy) is 1. The Hall–Kier alpha value is -1.73. The van der Waals surface area contributed by atoms with Crippen LogP contribution in [0.4, 0.5) is 4.39 Å². The second-order valence-electron chi connectivity index (χ2n) is 4.09. The van der Waals surface area contributed by atoms with Crippen LogP contribution in [-0.2, 0) is 6.61 Å². The Labute approximate surface area is 132 Å². The number of halogens is 3. The fourth-order valence-corrected chi connectivity index (χ4v) is 2.15. The van der Waals surface area contributed by atoms with E-state index in [4.69, 9.17) is 33.0 Å². The molecule has 0 saturated carbocycles. The van der Waals surface area contributed by atoms with Crippen molar-refractivity contribution in [3.8, 4) is 17.6 Å². The molecule has 0 atom stereocenters. The number of rotatable bonds is 3. The van der Waals surface area contributed by atoms with Gasteiger partial charge >= 0.3 is 0 Å². The molecule has 0 aliphatic rings. The first-order valence-electron chi connectivity index (χ1n) is 6.07. The van der Waals surface area contributed by atoms with E-state index in [9.17, 15) is 4.39 Å². The highest BCUT2D eigenvalue weighted by molar-refractivity contribution is 6.35. The molecule has 0 aliphatic carbocycles. The maximum Gasteiger partial charge on any atom is 0.142 e. The van der Waals surface area contributed by atoms with Gasteiger partial charge < -0.3 is 9.84 Å². The number of hydrogen-bond acceptors (Lipinski definition) is 2. The molecule has 2 aromatic rings. The van der Waals surface area contributed by atoms with E-state index in [1.165, 1.54) is 12.1 Å². The first-order chi connectivity index (χ1) is 10.1. The summed E-state index contributed by atoms with van der Waals surface area (Å²) in [5.74, 6) is 4.73. The lowest BCUT2D eigenvalue weighted by atomic mass is 10.2. The topological polar surface area (TPSA) is 29.5 Å². The van der Waals surface area contributed by atoms with Crippen LogP contribution in [0.2, 0.25) is 10.0 Å². The molecule has 0 radical (unpaired) electrons. The maximum atomic E-state index is 13.7. The summed E-state index contributed by atoms with van der Waals surface area (Å²) in [6.07, 6.45) is 0. The fraction of sp³-hybridized carbons (Fsp3) is 0.125. The quantitative estimate of drug-likeness (QED) is 0.863. The van der Waals surface area contributed by atoms with Gasteiger partial charge in [-0.3, -0.25) is 0 Å². The average Bonchev–Trinajstić information content (AvgIpc) is 2.46. The largest absolute Gasteiger partial charge is 0.489 e. The lowest BCUT2D eigenvalue weighted by molar-refractivity contribution is 0.304. The van der Waals surface area contributed by atoms with Crippen LogP contribution in [0.3, 0.4) is 0 Å². The van der Waals surface area contributed by atoms with Crippen LogP contribution in [-0.4, -0.2) is 11.7 Å². The predicted molar refractivity (Wildman–Crippen MR) is 81.2 cm³/mol. The van der Waals surface area contributed by atoms with Crippen molar-refractivity contribution in [3.05, 3.63) is 63.4 Å². The summed E-state index contributed by atoms with van der Waals surface area (Å²) in [5.41, 5.74) is 0.845. The van der Waals surface area contributed by atoms with Crippen molar-refractivity contribution < 1.29 is 14.2 Å². The van der Waals surface area contributed by atoms with Gasteiger partial charge in [0.15, 0.2) is 0 Å². The van der Waals surface area contributed by atoms with E-state index >= 15 is 0 Å². The van der Waals surface area contributed by atoms with Crippen LogP contribution in [0.15, 0.2) is 36.4 Å². The molecule has 0 spiro atoms. The Morgan fingerprint density at radius 3 is 2.48 bits per heavy atom. The van der Waals surface area contributed by atoms with Crippen LogP contribution >= 0.6 is 23.2 Å². The van der Waals surface area contributed by atoms with E-state index in [1.807, 2.05) is 0 Å². The number of aliphatic hydroxyl groups is 1. The molecule has 5 heteroatoms. The Bertz CT molecular complexity index is 685. The number of benzene rings is 2. The van der Waals surface area contributed by atoms with Gasteiger partial charge in [0.25, 0.3) is 0 Å². The molecule has 0 aliphatic heterocycles. The smallest absolute Gasteiger partial charge is 0.142 e. The SMILES string of the molecule is OCC#Cc1ccc(OCc2c(Cl)cccc2Cl)cc1F. The van der Waals surface area contributed by atoms with Crippen molar-refractivity contribution >= 4 is 23.2 Å². The van der Waals surface area contributed by atoms with Crippen LogP contribution in [0.1, 0.15) is 11.1 Å². The van der Waals surface area contributed by atoms with Gasteiger partial charge in [0.05, 0.1) is 5.56 Å². The van der Waals surface area contributed by atoms with Gasteiger partial charge in [-0.05, 0) is 24.3 Å². The van der Waals surface area contributed by atoms with Crippen molar-refractivity contribution in [1.82, 2.24) is 0 Å². The molecule has 0 amide bonds. The molecule has 0 bridgehead atoms. The Morgan fingerprint density at radius 2 is 1.86 bits per heavy atom. The summed E-state index contributed by atoms with van der Waals surface area (Å²) in [5, 5.41) is 9.58. The predicted octanol–water partition coefficient (Wildman–Crippen LogP) is 4.06. The van der Waals surface area contributed by atoms with Crippen molar-refractivity contribution in [3.63, 3.8) is 0 Å². The third-order valence-corrected chi connectivity index (χ3v) is 3.40. The third-order valence-electron chi connectivity index (χ3n) is 2.69. The van der Waals surface area contributed by atoms with E-state index in [0.29, 0.717) is 21.4 Å². The molecular weight excluding hydrogens is 314 g/mol. The highest BCUT2D eigenvalue weighted by Crippen LogP contribution is 2.26. The summed E-state index contributed by atoms with van der Waals surface area (Å²) in [6.45, 7) is -0.178. The summed E-state index contributed by atoms with van der Waals surface area (Å²) in [4.78, 5) is 0. The zero-order valence-corrected chi connectivity index (χ0v) is 12.4. The molecule has 1 N–H and O–H groups in total. The minimum Gasteiger partial charge on any atom is -0.489 e. The molecule has 108 valence electrons. The second-order valence-corrected chi connectivity index (χ2v) is 4.90. The molecule has 0 aromatic heterocycles. The first-order valence-corrected chi connectivity index (χ1v) is 6.82. The number of hydrogen-bond donors (Lipinski definition) is 1. The van der Waals surface area contributed by atoms with E-state index in [0.717, 1.165) is 0 Å². The maximum absolute atomic E-state index is 13.7. The molecular formula is C16H11Cl2FO2. The zero-order chi connectivity index (χ0) is 15.2. The second kappa shape index (κ2) is 7.33. The Kier molecular flexibility index (Phi) is 5.46. The van der Waals surface area contributed by atoms with Crippen LogP contribution in [0, 0.1) is 17.7 Å². The molecule has 0 heterocycles. The van der Waals surface area contributed by atoms with Gasteiger partial charge in [-0.25, -0.2) is 4.39 Å². The number of aliphatic hydroxyl groups excluding tert-OH is 1. The minimum atomic E-state index is -0.515. The lowest BCUT2D eigenvalue weighted by Crippen LogP contribution is -1.98. The summed E-state index contributed by atoms with van der Waals surface area (Å²) < 4.78 is 19.2. The van der Waals surface area contributed by atoms with Gasteiger partial charge in [0, 0.05) is 21.7 Å². The van der Waals surface area contributed by atoms with Crippen molar-refractivity contribution in [2.75, 3.05) is 6.61 Å². The van der Waals surface area contributed by atoms with E-state index in [2.05, 4.69) is 11.8 Å². The molecule has 2 rings (SSSR count). The van der Waals surface area contributed by atoms with E-state index < -0.39 is 5.82 Å².